The summed E-state index contributed by atoms with van der Waals surface area (Å²) in [6.45, 7) is 0.296. The molecule has 4 heterocycles. The van der Waals surface area contributed by atoms with Crippen molar-refractivity contribution >= 4 is 34.1 Å². The first-order valence-corrected chi connectivity index (χ1v) is 15.4. The number of ether oxygens (including phenoxy) is 1. The number of rotatable bonds is 15. The number of aromatic nitrogens is 8. The topological polar surface area (TPSA) is 163 Å². The first-order chi connectivity index (χ1) is 22.7. The minimum atomic E-state index is -4.75. The molecular weight excluding hydrogens is 637 g/mol. The van der Waals surface area contributed by atoms with Crippen molar-refractivity contribution < 1.29 is 27.5 Å². The summed E-state index contributed by atoms with van der Waals surface area (Å²) < 4.78 is 42.4. The zero-order valence-corrected chi connectivity index (χ0v) is 25.7. The molecule has 0 bridgehead atoms. The van der Waals surface area contributed by atoms with Crippen molar-refractivity contribution in [3.63, 3.8) is 0 Å². The fraction of sp³-hybridized carbons (Fsp3) is 0.300. The van der Waals surface area contributed by atoms with Crippen LogP contribution in [0.1, 0.15) is 46.9 Å². The van der Waals surface area contributed by atoms with Gasteiger partial charge in [-0.2, -0.15) is 5.10 Å². The number of alkyl halides is 3. The molecule has 0 atom stereocenters. The van der Waals surface area contributed by atoms with Gasteiger partial charge in [0, 0.05) is 37.4 Å². The molecule has 0 saturated carbocycles. The van der Waals surface area contributed by atoms with E-state index >= 15 is 0 Å². The maximum absolute atomic E-state index is 12.4. The number of carbonyl (C=O) groups excluding carboxylic acids is 2. The predicted molar refractivity (Wildman–Crippen MR) is 164 cm³/mol. The molecule has 5 aromatic rings. The zero-order valence-electron chi connectivity index (χ0n) is 24.9. The lowest BCUT2D eigenvalue weighted by molar-refractivity contribution is -0.274. The molecule has 0 fully saturated rings. The van der Waals surface area contributed by atoms with E-state index in [0.29, 0.717) is 47.3 Å². The highest BCUT2D eigenvalue weighted by Gasteiger charge is 2.31. The van der Waals surface area contributed by atoms with E-state index in [1.807, 2.05) is 12.1 Å². The van der Waals surface area contributed by atoms with Crippen molar-refractivity contribution in [1.82, 2.24) is 40.4 Å². The molecule has 0 aliphatic rings. The monoisotopic (exact) mass is 666 g/mol. The summed E-state index contributed by atoms with van der Waals surface area (Å²) >= 11 is 1.35. The van der Waals surface area contributed by atoms with Gasteiger partial charge < -0.3 is 15.4 Å². The number of aryl methyl sites for hydroxylation is 3. The van der Waals surface area contributed by atoms with E-state index in [9.17, 15) is 22.8 Å². The number of anilines is 2. The quantitative estimate of drug-likeness (QED) is 0.151. The van der Waals surface area contributed by atoms with Gasteiger partial charge in [-0.25, -0.2) is 4.68 Å². The van der Waals surface area contributed by atoms with E-state index in [0.717, 1.165) is 30.0 Å². The SMILES string of the molecule is O=C(CCc1cn(Cc2ccc(OC(F)(F)F)cc2)nn1)Nc1ccc(CCCCc2nnc(NC(=O)Cc3ccccn3)s2)nn1. The third-order valence-corrected chi connectivity index (χ3v) is 7.44. The van der Waals surface area contributed by atoms with Gasteiger partial charge in [0.15, 0.2) is 5.82 Å². The van der Waals surface area contributed by atoms with Crippen molar-refractivity contribution in [2.75, 3.05) is 10.6 Å². The van der Waals surface area contributed by atoms with E-state index in [-0.39, 0.29) is 30.4 Å². The average molecular weight is 667 g/mol. The molecule has 47 heavy (non-hydrogen) atoms. The Morgan fingerprint density at radius 3 is 2.38 bits per heavy atom. The number of pyridine rings is 1. The maximum atomic E-state index is 12.4. The smallest absolute Gasteiger partial charge is 0.406 e. The first kappa shape index (κ1) is 33.1. The van der Waals surface area contributed by atoms with Crippen LogP contribution in [0.15, 0.2) is 67.0 Å². The molecule has 0 aliphatic heterocycles. The van der Waals surface area contributed by atoms with Gasteiger partial charge in [0.1, 0.15) is 10.8 Å². The molecule has 13 nitrogen and oxygen atoms in total. The average Bonchev–Trinajstić information content (AvgIpc) is 3.69. The fourth-order valence-corrected chi connectivity index (χ4v) is 5.14. The minimum Gasteiger partial charge on any atom is -0.406 e. The molecule has 244 valence electrons. The Bertz CT molecular complexity index is 1750. The van der Waals surface area contributed by atoms with Gasteiger partial charge >= 0.3 is 6.36 Å². The molecule has 2 N–H and O–H groups in total. The van der Waals surface area contributed by atoms with Crippen LogP contribution in [0, 0.1) is 0 Å². The Balaban J connectivity index is 0.968. The second-order valence-corrected chi connectivity index (χ2v) is 11.4. The lowest BCUT2D eigenvalue weighted by atomic mass is 10.1. The number of benzene rings is 1. The zero-order chi connectivity index (χ0) is 33.1. The molecule has 0 saturated heterocycles. The van der Waals surface area contributed by atoms with E-state index < -0.39 is 6.36 Å². The van der Waals surface area contributed by atoms with Crippen molar-refractivity contribution in [3.8, 4) is 5.75 Å². The highest BCUT2D eigenvalue weighted by atomic mass is 32.1. The summed E-state index contributed by atoms with van der Waals surface area (Å²) in [5.74, 6) is -0.415. The van der Waals surface area contributed by atoms with Gasteiger partial charge in [-0.05, 0) is 61.2 Å². The minimum absolute atomic E-state index is 0.146. The summed E-state index contributed by atoms with van der Waals surface area (Å²) in [7, 11) is 0. The lowest BCUT2D eigenvalue weighted by Gasteiger charge is -2.09. The summed E-state index contributed by atoms with van der Waals surface area (Å²) in [5, 5.41) is 31.3. The number of nitrogens with zero attached hydrogens (tertiary/aromatic N) is 8. The largest absolute Gasteiger partial charge is 0.573 e. The third kappa shape index (κ3) is 11.2. The maximum Gasteiger partial charge on any atom is 0.573 e. The molecule has 17 heteroatoms. The van der Waals surface area contributed by atoms with Crippen molar-refractivity contribution in [3.05, 3.63) is 94.6 Å². The summed E-state index contributed by atoms with van der Waals surface area (Å²) in [6, 6.07) is 14.4. The Morgan fingerprint density at radius 1 is 0.809 bits per heavy atom. The Hall–Kier alpha value is -5.32. The number of nitrogens with one attached hydrogen (secondary N) is 2. The predicted octanol–water partition coefficient (Wildman–Crippen LogP) is 4.58. The molecule has 0 spiro atoms. The van der Waals surface area contributed by atoms with E-state index in [2.05, 4.69) is 51.1 Å². The normalized spacial score (nSPS) is 11.3. The number of carbonyl (C=O) groups is 2. The number of hydrogen-bond acceptors (Lipinski definition) is 11. The molecule has 1 aromatic carbocycles. The van der Waals surface area contributed by atoms with E-state index in [4.69, 9.17) is 0 Å². The number of hydrogen-bond donors (Lipinski definition) is 2. The van der Waals surface area contributed by atoms with Crippen LogP contribution in [0.4, 0.5) is 24.1 Å². The van der Waals surface area contributed by atoms with Crippen LogP contribution in [0.5, 0.6) is 5.75 Å². The van der Waals surface area contributed by atoms with Gasteiger partial charge in [0.05, 0.1) is 24.4 Å². The van der Waals surface area contributed by atoms with Crippen LogP contribution < -0.4 is 15.4 Å². The highest BCUT2D eigenvalue weighted by Crippen LogP contribution is 2.23. The van der Waals surface area contributed by atoms with Gasteiger partial charge in [-0.1, -0.05) is 34.7 Å². The van der Waals surface area contributed by atoms with Crippen molar-refractivity contribution in [2.45, 2.75) is 57.9 Å². The third-order valence-electron chi connectivity index (χ3n) is 6.54. The highest BCUT2D eigenvalue weighted by molar-refractivity contribution is 7.15. The molecule has 0 unspecified atom stereocenters. The standard InChI is InChI=1S/C30H29F3N10O3S/c31-30(32,33)46-24-12-8-20(9-13-24)18-43-19-23(38-42-43)11-15-26(44)35-25-14-10-21(37-39-25)5-1-2-7-28-40-41-29(47-28)36-27(45)17-22-6-3-4-16-34-22/h3-4,6,8-10,12-14,16,19H,1-2,5,7,11,15,17-18H2,(H,35,39,44)(H,36,41,45). The molecule has 4 aromatic heterocycles. The lowest BCUT2D eigenvalue weighted by Crippen LogP contribution is -2.17. The fourth-order valence-electron chi connectivity index (χ4n) is 4.34. The van der Waals surface area contributed by atoms with Crippen LogP contribution in [0.2, 0.25) is 0 Å². The van der Waals surface area contributed by atoms with Gasteiger partial charge in [-0.3, -0.25) is 14.6 Å². The second-order valence-electron chi connectivity index (χ2n) is 10.3. The van der Waals surface area contributed by atoms with Crippen LogP contribution in [0.25, 0.3) is 0 Å². The second kappa shape index (κ2) is 15.8. The van der Waals surface area contributed by atoms with Crippen LogP contribution in [-0.2, 0) is 41.8 Å². The van der Waals surface area contributed by atoms with Crippen molar-refractivity contribution in [2.24, 2.45) is 0 Å². The van der Waals surface area contributed by atoms with Crippen LogP contribution in [-0.4, -0.2) is 58.5 Å². The van der Waals surface area contributed by atoms with Gasteiger partial charge in [0.2, 0.25) is 16.9 Å². The Kier molecular flexibility index (Phi) is 11.1. The number of halogens is 3. The summed E-state index contributed by atoms with van der Waals surface area (Å²) in [4.78, 5) is 28.8. The molecule has 0 aliphatic carbocycles. The molecule has 5 rings (SSSR count). The van der Waals surface area contributed by atoms with Gasteiger partial charge in [-0.15, -0.1) is 33.6 Å². The summed E-state index contributed by atoms with van der Waals surface area (Å²) in [5.41, 5.74) is 2.78. The van der Waals surface area contributed by atoms with Crippen LogP contribution >= 0.6 is 11.3 Å². The molecule has 2 amide bonds. The number of amides is 2. The van der Waals surface area contributed by atoms with Crippen molar-refractivity contribution in [1.29, 1.82) is 0 Å². The van der Waals surface area contributed by atoms with E-state index in [1.165, 1.54) is 40.3 Å². The summed E-state index contributed by atoms with van der Waals surface area (Å²) in [6.07, 6.45) is 2.35. The van der Waals surface area contributed by atoms with Gasteiger partial charge in [0.25, 0.3) is 0 Å². The Labute approximate surface area is 270 Å². The Morgan fingerprint density at radius 2 is 1.64 bits per heavy atom. The number of unbranched alkanes of at least 4 members (excludes halogenated alkanes) is 1. The van der Waals surface area contributed by atoms with Crippen LogP contribution in [0.3, 0.4) is 0 Å². The molecule has 0 radical (unpaired) electrons. The first-order valence-electron chi connectivity index (χ1n) is 14.6. The molecular formula is C30H29F3N10O3S. The van der Waals surface area contributed by atoms with E-state index in [1.54, 1.807) is 30.6 Å².